The van der Waals surface area contributed by atoms with E-state index in [0.717, 1.165) is 47.7 Å². The normalized spacial score (nSPS) is 13.3. The lowest BCUT2D eigenvalue weighted by atomic mass is 9.96. The fourth-order valence-electron chi connectivity index (χ4n) is 5.27. The molecule has 1 heterocycles. The minimum absolute atomic E-state index is 0.00773. The van der Waals surface area contributed by atoms with Crippen LogP contribution in [0.4, 0.5) is 17.6 Å². The summed E-state index contributed by atoms with van der Waals surface area (Å²) in [6.07, 6.45) is 2.73. The van der Waals surface area contributed by atoms with Crippen LogP contribution < -0.4 is 5.56 Å². The van der Waals surface area contributed by atoms with Gasteiger partial charge in [-0.1, -0.05) is 62.9 Å². The third-order valence-electron chi connectivity index (χ3n) is 8.27. The Morgan fingerprint density at radius 1 is 0.958 bits per heavy atom. The molecule has 0 fully saturated rings. The van der Waals surface area contributed by atoms with Crippen molar-refractivity contribution in [2.24, 2.45) is 0 Å². The lowest BCUT2D eigenvalue weighted by molar-refractivity contribution is -0.137. The molecule has 0 spiro atoms. The summed E-state index contributed by atoms with van der Waals surface area (Å²) in [7, 11) is 0. The molecule has 7 nitrogen and oxygen atoms in total. The van der Waals surface area contributed by atoms with Crippen LogP contribution in [-0.4, -0.2) is 64.6 Å². The van der Waals surface area contributed by atoms with Gasteiger partial charge in [0.2, 0.25) is 5.91 Å². The van der Waals surface area contributed by atoms with Crippen LogP contribution in [0.2, 0.25) is 0 Å². The number of amides is 1. The standard InChI is InChI=1S/C36H42F4N4O3S/c1-4-27-23-44(35(41-34(27)46)48-25-26-7-15-31(37)16-8-26)24-33(45)43(20-19-42(5-2)6-3)21-22-47-32-17-11-29(12-18-32)28-9-13-30(14-10-28)36(38,39)40/h7-11,13-17,23H,4-6,12,18-22,24-25H2,1-3H3. The highest BCUT2D eigenvalue weighted by Crippen LogP contribution is 2.32. The topological polar surface area (TPSA) is 67.7 Å². The predicted octanol–water partition coefficient (Wildman–Crippen LogP) is 7.20. The summed E-state index contributed by atoms with van der Waals surface area (Å²) < 4.78 is 60.0. The van der Waals surface area contributed by atoms with Gasteiger partial charge in [-0.05, 0) is 73.0 Å². The van der Waals surface area contributed by atoms with Crippen LogP contribution in [-0.2, 0) is 34.4 Å². The van der Waals surface area contributed by atoms with Gasteiger partial charge in [-0.25, -0.2) is 4.39 Å². The van der Waals surface area contributed by atoms with E-state index < -0.39 is 11.7 Å². The molecular formula is C36H42F4N4O3S. The molecule has 12 heteroatoms. The van der Waals surface area contributed by atoms with Gasteiger partial charge in [-0.3, -0.25) is 9.59 Å². The molecule has 0 saturated heterocycles. The summed E-state index contributed by atoms with van der Waals surface area (Å²) in [6.45, 7) is 9.51. The largest absolute Gasteiger partial charge is 0.496 e. The van der Waals surface area contributed by atoms with Crippen LogP contribution in [0.5, 0.6) is 0 Å². The fraction of sp³-hybridized carbons (Fsp3) is 0.417. The smallest absolute Gasteiger partial charge is 0.416 e. The lowest BCUT2D eigenvalue weighted by Gasteiger charge is -2.27. The Balaban J connectivity index is 1.43. The number of alkyl halides is 3. The molecule has 48 heavy (non-hydrogen) atoms. The van der Waals surface area contributed by atoms with Gasteiger partial charge >= 0.3 is 6.18 Å². The first kappa shape index (κ1) is 36.9. The number of aryl methyl sites for hydroxylation is 1. The maximum Gasteiger partial charge on any atom is 0.416 e. The van der Waals surface area contributed by atoms with Crippen molar-refractivity contribution in [3.8, 4) is 0 Å². The maximum absolute atomic E-state index is 13.8. The average Bonchev–Trinajstić information content (AvgIpc) is 3.08. The van der Waals surface area contributed by atoms with Crippen LogP contribution >= 0.6 is 11.8 Å². The molecule has 0 atom stereocenters. The van der Waals surface area contributed by atoms with Crippen molar-refractivity contribution >= 4 is 23.2 Å². The van der Waals surface area contributed by atoms with E-state index in [0.29, 0.717) is 55.4 Å². The van der Waals surface area contributed by atoms with Gasteiger partial charge in [0.05, 0.1) is 17.9 Å². The second kappa shape index (κ2) is 17.5. The monoisotopic (exact) mass is 686 g/mol. The predicted molar refractivity (Wildman–Crippen MR) is 181 cm³/mol. The van der Waals surface area contributed by atoms with Crippen molar-refractivity contribution in [1.29, 1.82) is 0 Å². The number of hydrogen-bond donors (Lipinski definition) is 0. The molecule has 0 aliphatic heterocycles. The highest BCUT2D eigenvalue weighted by atomic mass is 32.2. The second-order valence-corrected chi connectivity index (χ2v) is 12.3. The Labute approximate surface area is 283 Å². The first-order chi connectivity index (χ1) is 23.0. The summed E-state index contributed by atoms with van der Waals surface area (Å²) in [6, 6.07) is 11.3. The average molecular weight is 687 g/mol. The molecule has 4 rings (SSSR count). The van der Waals surface area contributed by atoms with E-state index in [1.807, 2.05) is 19.1 Å². The Hall–Kier alpha value is -3.90. The maximum atomic E-state index is 13.8. The molecule has 1 aliphatic carbocycles. The minimum atomic E-state index is -4.37. The van der Waals surface area contributed by atoms with Crippen LogP contribution in [0.3, 0.4) is 0 Å². The van der Waals surface area contributed by atoms with Gasteiger partial charge in [0.1, 0.15) is 19.0 Å². The molecule has 0 saturated carbocycles. The van der Waals surface area contributed by atoms with Crippen molar-refractivity contribution in [3.63, 3.8) is 0 Å². The van der Waals surface area contributed by atoms with Crippen molar-refractivity contribution in [2.45, 2.75) is 63.7 Å². The highest BCUT2D eigenvalue weighted by molar-refractivity contribution is 7.98. The summed E-state index contributed by atoms with van der Waals surface area (Å²) >= 11 is 1.32. The minimum Gasteiger partial charge on any atom is -0.496 e. The van der Waals surface area contributed by atoms with Gasteiger partial charge in [-0.2, -0.15) is 18.2 Å². The highest BCUT2D eigenvalue weighted by Gasteiger charge is 2.30. The molecule has 0 unspecified atom stereocenters. The Kier molecular flexibility index (Phi) is 13.5. The van der Waals surface area contributed by atoms with Crippen LogP contribution in [0.1, 0.15) is 55.9 Å². The number of allylic oxidation sites excluding steroid dienone is 4. The van der Waals surface area contributed by atoms with Gasteiger partial charge in [0.25, 0.3) is 5.56 Å². The first-order valence-corrected chi connectivity index (χ1v) is 17.2. The quantitative estimate of drug-likeness (QED) is 0.0902. The van der Waals surface area contributed by atoms with Crippen LogP contribution in [0.25, 0.3) is 5.57 Å². The number of carbonyl (C=O) groups excluding carboxylic acids is 1. The second-order valence-electron chi connectivity index (χ2n) is 11.4. The van der Waals surface area contributed by atoms with E-state index in [1.54, 1.807) is 27.8 Å². The number of likely N-dealkylation sites (N-methyl/N-ethyl adjacent to an activating group) is 1. The zero-order valence-electron chi connectivity index (χ0n) is 27.6. The first-order valence-electron chi connectivity index (χ1n) is 16.2. The summed E-state index contributed by atoms with van der Waals surface area (Å²) in [4.78, 5) is 34.7. The SMILES string of the molecule is CCc1cn(CC(=O)N(CCOC2=CC=C(c3ccc(C(F)(F)F)cc3)CC2)CCN(CC)CC)c(SCc2ccc(F)cc2)nc1=O. The molecule has 0 bridgehead atoms. The van der Waals surface area contributed by atoms with Crippen molar-refractivity contribution < 1.29 is 27.1 Å². The van der Waals surface area contributed by atoms with E-state index in [1.165, 1.54) is 36.0 Å². The molecule has 1 aliphatic rings. The number of thioether (sulfide) groups is 1. The molecule has 1 amide bonds. The molecule has 2 aromatic carbocycles. The Morgan fingerprint density at radius 2 is 1.67 bits per heavy atom. The number of halogens is 4. The Morgan fingerprint density at radius 3 is 2.27 bits per heavy atom. The van der Waals surface area contributed by atoms with Crippen LogP contribution in [0.15, 0.2) is 82.6 Å². The zero-order valence-corrected chi connectivity index (χ0v) is 28.4. The van der Waals surface area contributed by atoms with Gasteiger partial charge < -0.3 is 19.1 Å². The summed E-state index contributed by atoms with van der Waals surface area (Å²) in [5.74, 6) is 0.739. The van der Waals surface area contributed by atoms with E-state index in [9.17, 15) is 27.2 Å². The van der Waals surface area contributed by atoms with Crippen molar-refractivity contribution in [2.75, 3.05) is 39.3 Å². The number of hydrogen-bond acceptors (Lipinski definition) is 6. The van der Waals surface area contributed by atoms with E-state index in [-0.39, 0.29) is 30.4 Å². The number of aromatic nitrogens is 2. The number of benzene rings is 2. The summed E-state index contributed by atoms with van der Waals surface area (Å²) in [5, 5.41) is 0.415. The number of nitrogens with zero attached hydrogens (tertiary/aromatic N) is 4. The van der Waals surface area contributed by atoms with Gasteiger partial charge in [-0.15, -0.1) is 0 Å². The third kappa shape index (κ3) is 10.6. The molecule has 1 aromatic heterocycles. The van der Waals surface area contributed by atoms with Gasteiger partial charge in [0.15, 0.2) is 5.16 Å². The number of rotatable bonds is 16. The van der Waals surface area contributed by atoms with Crippen molar-refractivity contribution in [1.82, 2.24) is 19.4 Å². The van der Waals surface area contributed by atoms with Crippen LogP contribution in [0, 0.1) is 5.82 Å². The molecule has 0 N–H and O–H groups in total. The zero-order chi connectivity index (χ0) is 34.7. The molecular weight excluding hydrogens is 644 g/mol. The fourth-order valence-corrected chi connectivity index (χ4v) is 6.19. The van der Waals surface area contributed by atoms with E-state index in [2.05, 4.69) is 23.7 Å². The lowest BCUT2D eigenvalue weighted by Crippen LogP contribution is -2.42. The van der Waals surface area contributed by atoms with E-state index >= 15 is 0 Å². The van der Waals surface area contributed by atoms with Crippen molar-refractivity contribution in [3.05, 3.63) is 111 Å². The molecule has 258 valence electrons. The molecule has 3 aromatic rings. The van der Waals surface area contributed by atoms with Gasteiger partial charge in [0, 0.05) is 37.0 Å². The third-order valence-corrected chi connectivity index (χ3v) is 9.33. The Bertz CT molecular complexity index is 1630. The number of carbonyl (C=O) groups is 1. The molecule has 0 radical (unpaired) electrons. The summed E-state index contributed by atoms with van der Waals surface area (Å²) in [5.41, 5.74) is 2.05. The van der Waals surface area contributed by atoms with E-state index in [4.69, 9.17) is 4.74 Å². The number of ether oxygens (including phenoxy) is 1.